The smallest absolute Gasteiger partial charge is 0.264 e. The number of ether oxygens (including phenoxy) is 1. The number of rotatable bonds is 15. The van der Waals surface area contributed by atoms with Gasteiger partial charge >= 0.3 is 0 Å². The minimum Gasteiger partial charge on any atom is -0.439 e. The van der Waals surface area contributed by atoms with Crippen molar-refractivity contribution in [2.45, 2.75) is 52.0 Å². The monoisotopic (exact) mass is 694 g/mol. The zero-order valence-corrected chi connectivity index (χ0v) is 29.6. The molecule has 7 nitrogen and oxygen atoms in total. The quantitative estimate of drug-likeness (QED) is 0.0646. The Bertz CT molecular complexity index is 2060. The average molecular weight is 695 g/mol. The highest BCUT2D eigenvalue weighted by Crippen LogP contribution is 2.42. The number of thiazole rings is 1. The van der Waals surface area contributed by atoms with Crippen LogP contribution in [-0.4, -0.2) is 31.8 Å². The van der Waals surface area contributed by atoms with Crippen molar-refractivity contribution < 1.29 is 22.3 Å². The van der Waals surface area contributed by atoms with Crippen molar-refractivity contribution in [2.75, 3.05) is 23.7 Å². The Morgan fingerprint density at radius 3 is 2.20 bits per heavy atom. The van der Waals surface area contributed by atoms with Gasteiger partial charge in [-0.2, -0.15) is 13.0 Å². The van der Waals surface area contributed by atoms with E-state index in [9.17, 15) is 13.0 Å². The Kier molecular flexibility index (Phi) is 11.3. The van der Waals surface area contributed by atoms with Gasteiger partial charge in [0.2, 0.25) is 11.4 Å². The fourth-order valence-corrected chi connectivity index (χ4v) is 7.87. The number of unbranched alkanes of at least 4 members (excludes halogenated alkanes) is 3. The summed E-state index contributed by atoms with van der Waals surface area (Å²) in [5, 5.41) is 1.17. The first-order valence-corrected chi connectivity index (χ1v) is 19.5. The van der Waals surface area contributed by atoms with E-state index in [1.54, 1.807) is 11.3 Å². The van der Waals surface area contributed by atoms with Crippen LogP contribution in [0.5, 0.6) is 5.75 Å². The van der Waals surface area contributed by atoms with Gasteiger partial charge in [-0.05, 0) is 78.3 Å². The number of nitrogens with two attached hydrogens (primary N) is 1. The van der Waals surface area contributed by atoms with Gasteiger partial charge in [0.25, 0.3) is 15.1 Å². The number of anilines is 1. The number of allylic oxidation sites excluding steroid dienone is 2. The Morgan fingerprint density at radius 2 is 1.53 bits per heavy atom. The molecule has 3 N–H and O–H groups in total. The first-order chi connectivity index (χ1) is 23.8. The van der Waals surface area contributed by atoms with Crippen LogP contribution in [0, 0.1) is 0 Å². The number of aromatic nitrogens is 1. The molecular weight excluding hydrogens is 651 g/mol. The van der Waals surface area contributed by atoms with Gasteiger partial charge in [0.15, 0.2) is 12.3 Å². The zero-order chi connectivity index (χ0) is 34.2. The largest absolute Gasteiger partial charge is 0.439 e. The lowest BCUT2D eigenvalue weighted by Crippen LogP contribution is -2.35. The van der Waals surface area contributed by atoms with Crippen molar-refractivity contribution in [1.82, 2.24) is 0 Å². The SMILES string of the molecule is CCC(=Cc1sc2ccc(-c3ccccc3)cc2[n+]1CCCCCCN)C=C1Oc2ccc(-c3ccccc3)cc2N1CCCS(=O)(=O)O. The van der Waals surface area contributed by atoms with E-state index in [4.69, 9.17) is 10.5 Å². The number of hydrogen-bond donors (Lipinski definition) is 2. The minimum atomic E-state index is -4.09. The molecule has 0 spiro atoms. The van der Waals surface area contributed by atoms with Crippen LogP contribution < -0.4 is 19.9 Å². The summed E-state index contributed by atoms with van der Waals surface area (Å²) < 4.78 is 42.8. The summed E-state index contributed by atoms with van der Waals surface area (Å²) in [4.78, 5) is 2.03. The standard InChI is InChI=1S/C40H43N3O4S2/c1-2-30(26-39-42(24-13-25-49(44,45)46)35-28-33(18-20-37(35)47-39)31-14-7-5-8-15-31)27-40-43(23-12-4-3-11-22-41)36-29-34(19-21-38(36)48-40)32-16-9-6-10-17-32/h5-10,14-21,26-29H,2-4,11-13,22-25,41H2,1H3/p+1. The highest BCUT2D eigenvalue weighted by atomic mass is 32.2. The van der Waals surface area contributed by atoms with E-state index < -0.39 is 10.1 Å². The third-order valence-corrected chi connectivity index (χ3v) is 10.7. The number of hydrogen-bond acceptors (Lipinski definition) is 6. The Morgan fingerprint density at radius 1 is 0.857 bits per heavy atom. The molecule has 2 heterocycles. The molecule has 4 aromatic carbocycles. The minimum absolute atomic E-state index is 0.254. The average Bonchev–Trinajstić information content (AvgIpc) is 3.63. The van der Waals surface area contributed by atoms with Crippen molar-refractivity contribution in [3.63, 3.8) is 0 Å². The molecule has 0 saturated heterocycles. The van der Waals surface area contributed by atoms with Crippen molar-refractivity contribution >= 4 is 43.4 Å². The molecule has 1 aliphatic heterocycles. The predicted octanol–water partition coefficient (Wildman–Crippen LogP) is 8.85. The second-order valence-corrected chi connectivity index (χ2v) is 15.0. The fourth-order valence-electron chi connectivity index (χ4n) is 6.23. The zero-order valence-electron chi connectivity index (χ0n) is 27.9. The molecule has 9 heteroatoms. The van der Waals surface area contributed by atoms with E-state index in [1.165, 1.54) is 26.4 Å². The molecule has 0 atom stereocenters. The van der Waals surface area contributed by atoms with Gasteiger partial charge in [0.05, 0.1) is 11.4 Å². The van der Waals surface area contributed by atoms with Gasteiger partial charge < -0.3 is 15.4 Å². The van der Waals surface area contributed by atoms with Crippen molar-refractivity contribution in [3.05, 3.63) is 120 Å². The third kappa shape index (κ3) is 8.66. The molecule has 1 aromatic heterocycles. The van der Waals surface area contributed by atoms with Gasteiger partial charge in [0.1, 0.15) is 4.70 Å². The van der Waals surface area contributed by atoms with Crippen molar-refractivity contribution in [2.24, 2.45) is 5.73 Å². The second-order valence-electron chi connectivity index (χ2n) is 12.3. The predicted molar refractivity (Wildman–Crippen MR) is 202 cm³/mol. The summed E-state index contributed by atoms with van der Waals surface area (Å²) in [5.74, 6) is 1.04. The molecular formula is C40H44N3O4S2+. The van der Waals surface area contributed by atoms with Gasteiger partial charge in [-0.3, -0.25) is 4.55 Å². The molecule has 0 bridgehead atoms. The van der Waals surface area contributed by atoms with E-state index in [0.29, 0.717) is 12.4 Å². The van der Waals surface area contributed by atoms with Gasteiger partial charge in [-0.1, -0.05) is 97.5 Å². The van der Waals surface area contributed by atoms with Crippen LogP contribution in [0.15, 0.2) is 115 Å². The van der Waals surface area contributed by atoms with Crippen molar-refractivity contribution in [3.8, 4) is 28.0 Å². The van der Waals surface area contributed by atoms with E-state index in [0.717, 1.165) is 73.3 Å². The molecule has 0 radical (unpaired) electrons. The lowest BCUT2D eigenvalue weighted by atomic mass is 10.0. The summed E-state index contributed by atoms with van der Waals surface area (Å²) in [6.07, 6.45) is 9.73. The molecule has 0 unspecified atom stereocenters. The number of aryl methyl sites for hydroxylation is 1. The molecule has 6 rings (SSSR count). The fraction of sp³-hybridized carbons (Fsp3) is 0.275. The lowest BCUT2D eigenvalue weighted by Gasteiger charge is -2.19. The van der Waals surface area contributed by atoms with Crippen LogP contribution in [0.2, 0.25) is 0 Å². The first kappa shape index (κ1) is 34.6. The van der Waals surface area contributed by atoms with Crippen LogP contribution in [-0.2, 0) is 16.7 Å². The van der Waals surface area contributed by atoms with Gasteiger partial charge in [-0.25, -0.2) is 0 Å². The van der Waals surface area contributed by atoms with E-state index in [-0.39, 0.29) is 12.2 Å². The molecule has 254 valence electrons. The Hall–Kier alpha value is -4.28. The maximum Gasteiger partial charge on any atom is 0.264 e. The summed E-state index contributed by atoms with van der Waals surface area (Å²) in [5.41, 5.74) is 13.5. The number of benzene rings is 4. The number of fused-ring (bicyclic) bond motifs is 2. The summed E-state index contributed by atoms with van der Waals surface area (Å²) in [7, 11) is -4.09. The molecule has 0 aliphatic carbocycles. The summed E-state index contributed by atoms with van der Waals surface area (Å²) in [6.45, 7) is 4.15. The maximum absolute atomic E-state index is 11.6. The van der Waals surface area contributed by atoms with E-state index in [2.05, 4.69) is 84.3 Å². The third-order valence-electron chi connectivity index (χ3n) is 8.82. The van der Waals surface area contributed by atoms with Crippen LogP contribution in [0.4, 0.5) is 5.69 Å². The lowest BCUT2D eigenvalue weighted by molar-refractivity contribution is -0.669. The van der Waals surface area contributed by atoms with E-state index >= 15 is 0 Å². The van der Waals surface area contributed by atoms with Crippen LogP contribution in [0.3, 0.4) is 0 Å². The van der Waals surface area contributed by atoms with Crippen LogP contribution in [0.1, 0.15) is 50.5 Å². The Balaban J connectivity index is 1.37. The number of nitrogens with zero attached hydrogens (tertiary/aromatic N) is 2. The Labute approximate surface area is 293 Å². The normalized spacial score (nSPS) is 14.1. The topological polar surface area (TPSA) is 96.7 Å². The molecule has 0 fully saturated rings. The molecule has 49 heavy (non-hydrogen) atoms. The van der Waals surface area contributed by atoms with Crippen LogP contribution in [0.25, 0.3) is 38.5 Å². The van der Waals surface area contributed by atoms with E-state index in [1.807, 2.05) is 41.3 Å². The van der Waals surface area contributed by atoms with Crippen LogP contribution >= 0.6 is 11.3 Å². The first-order valence-electron chi connectivity index (χ1n) is 17.1. The molecule has 0 amide bonds. The maximum atomic E-state index is 11.6. The summed E-state index contributed by atoms with van der Waals surface area (Å²) in [6, 6.07) is 33.5. The molecule has 1 aliphatic rings. The van der Waals surface area contributed by atoms with Gasteiger partial charge in [0, 0.05) is 31.2 Å². The summed E-state index contributed by atoms with van der Waals surface area (Å²) >= 11 is 1.79. The molecule has 0 saturated carbocycles. The van der Waals surface area contributed by atoms with Gasteiger partial charge in [-0.15, -0.1) is 0 Å². The van der Waals surface area contributed by atoms with Crippen molar-refractivity contribution in [1.29, 1.82) is 0 Å². The highest BCUT2D eigenvalue weighted by Gasteiger charge is 2.28. The highest BCUT2D eigenvalue weighted by molar-refractivity contribution is 7.85. The molecule has 5 aromatic rings. The second kappa shape index (κ2) is 16.0.